The molecule has 0 bridgehead atoms. The van der Waals surface area contributed by atoms with Gasteiger partial charge in [-0.1, -0.05) is 41.9 Å². The predicted octanol–water partition coefficient (Wildman–Crippen LogP) is 3.70. The fourth-order valence-corrected chi connectivity index (χ4v) is 2.81. The summed E-state index contributed by atoms with van der Waals surface area (Å²) in [6.07, 6.45) is 3.03. The van der Waals surface area contributed by atoms with E-state index in [0.717, 1.165) is 37.4 Å². The molecular formula is C17H19ClN2O. The molecule has 1 aromatic carbocycles. The van der Waals surface area contributed by atoms with Crippen LogP contribution in [0.5, 0.6) is 5.75 Å². The third-order valence-electron chi connectivity index (χ3n) is 3.79. The number of hydrogen-bond donors (Lipinski definition) is 0. The molecule has 3 rings (SSSR count). The number of hydrogen-bond acceptors (Lipinski definition) is 3. The number of nitrogens with zero attached hydrogens (tertiary/aromatic N) is 2. The number of benzene rings is 1. The number of pyridine rings is 1. The first-order valence-corrected chi connectivity index (χ1v) is 7.63. The Bertz CT molecular complexity index is 603. The van der Waals surface area contributed by atoms with Crippen molar-refractivity contribution in [1.29, 1.82) is 0 Å². The third kappa shape index (κ3) is 3.74. The topological polar surface area (TPSA) is 25.4 Å². The van der Waals surface area contributed by atoms with Crippen molar-refractivity contribution in [3.63, 3.8) is 0 Å². The van der Waals surface area contributed by atoms with Gasteiger partial charge in [0.05, 0.1) is 0 Å². The fraction of sp³-hybridized carbons (Fsp3) is 0.353. The zero-order valence-electron chi connectivity index (χ0n) is 12.1. The van der Waals surface area contributed by atoms with E-state index < -0.39 is 0 Å². The van der Waals surface area contributed by atoms with Crippen molar-refractivity contribution in [2.45, 2.75) is 26.0 Å². The Kier molecular flexibility index (Phi) is 4.42. The Morgan fingerprint density at radius 1 is 1.33 bits per heavy atom. The van der Waals surface area contributed by atoms with E-state index in [1.165, 1.54) is 5.56 Å². The summed E-state index contributed by atoms with van der Waals surface area (Å²) in [4.78, 5) is 6.49. The molecule has 1 aliphatic rings. The largest absolute Gasteiger partial charge is 0.489 e. The van der Waals surface area contributed by atoms with Gasteiger partial charge >= 0.3 is 0 Å². The van der Waals surface area contributed by atoms with Crippen LogP contribution in [0.2, 0.25) is 5.15 Å². The molecular weight excluding hydrogens is 284 g/mol. The molecule has 1 fully saturated rings. The maximum absolute atomic E-state index is 6.09. The molecule has 1 aromatic heterocycles. The van der Waals surface area contributed by atoms with Crippen LogP contribution in [0.3, 0.4) is 0 Å². The average Bonchev–Trinajstić information content (AvgIpc) is 2.91. The number of ether oxygens (including phenoxy) is 1. The molecule has 1 saturated heterocycles. The van der Waals surface area contributed by atoms with Gasteiger partial charge in [0.25, 0.3) is 0 Å². The van der Waals surface area contributed by atoms with Gasteiger partial charge in [-0.15, -0.1) is 0 Å². The normalized spacial score (nSPS) is 18.9. The molecule has 0 saturated carbocycles. The summed E-state index contributed by atoms with van der Waals surface area (Å²) in [6.45, 7) is 5.00. The van der Waals surface area contributed by atoms with E-state index in [1.54, 1.807) is 12.3 Å². The molecule has 0 radical (unpaired) electrons. The summed E-state index contributed by atoms with van der Waals surface area (Å²) in [7, 11) is 0. The second-order valence-electron chi connectivity index (χ2n) is 5.52. The minimum absolute atomic E-state index is 0.228. The number of likely N-dealkylation sites (tertiary alicyclic amines) is 1. The van der Waals surface area contributed by atoms with Crippen LogP contribution in [0, 0.1) is 6.92 Å². The summed E-state index contributed by atoms with van der Waals surface area (Å²) in [5.41, 5.74) is 2.38. The fourth-order valence-electron chi connectivity index (χ4n) is 2.67. The van der Waals surface area contributed by atoms with Crippen molar-refractivity contribution in [3.8, 4) is 5.75 Å². The molecule has 1 atom stereocenters. The second kappa shape index (κ2) is 6.46. The minimum Gasteiger partial charge on any atom is -0.489 e. The van der Waals surface area contributed by atoms with Crippen LogP contribution in [0.1, 0.15) is 17.5 Å². The van der Waals surface area contributed by atoms with Gasteiger partial charge in [0.2, 0.25) is 0 Å². The van der Waals surface area contributed by atoms with Gasteiger partial charge in [0.1, 0.15) is 17.0 Å². The molecule has 110 valence electrons. The first kappa shape index (κ1) is 14.4. The molecule has 1 unspecified atom stereocenters. The van der Waals surface area contributed by atoms with E-state index in [1.807, 2.05) is 6.92 Å². The van der Waals surface area contributed by atoms with Crippen LogP contribution in [-0.2, 0) is 6.54 Å². The van der Waals surface area contributed by atoms with Crippen molar-refractivity contribution in [2.75, 3.05) is 13.1 Å². The molecule has 0 aliphatic carbocycles. The lowest BCUT2D eigenvalue weighted by atomic mass is 10.2. The lowest BCUT2D eigenvalue weighted by Crippen LogP contribution is -2.24. The number of aromatic nitrogens is 1. The molecule has 3 nitrogen and oxygen atoms in total. The van der Waals surface area contributed by atoms with Gasteiger partial charge in [-0.2, -0.15) is 0 Å². The quantitative estimate of drug-likeness (QED) is 0.805. The lowest BCUT2D eigenvalue weighted by molar-refractivity contribution is 0.197. The standard InChI is InChI=1S/C17H19ClN2O/c1-13-10-19-17(18)9-16(13)21-15-7-8-20(12-15)11-14-5-3-2-4-6-14/h2-6,9-10,15H,7-8,11-12H2,1H3. The summed E-state index contributed by atoms with van der Waals surface area (Å²) in [5, 5.41) is 0.481. The van der Waals surface area contributed by atoms with Crippen molar-refractivity contribution in [2.24, 2.45) is 0 Å². The summed E-state index contributed by atoms with van der Waals surface area (Å²) in [6, 6.07) is 12.4. The first-order valence-electron chi connectivity index (χ1n) is 7.26. The van der Waals surface area contributed by atoms with Crippen molar-refractivity contribution in [1.82, 2.24) is 9.88 Å². The van der Waals surface area contributed by atoms with E-state index in [0.29, 0.717) is 5.15 Å². The number of aryl methyl sites for hydroxylation is 1. The van der Waals surface area contributed by atoms with E-state index >= 15 is 0 Å². The first-order chi connectivity index (χ1) is 10.2. The SMILES string of the molecule is Cc1cnc(Cl)cc1OC1CCN(Cc2ccccc2)C1. The molecule has 21 heavy (non-hydrogen) atoms. The Labute approximate surface area is 130 Å². The van der Waals surface area contributed by atoms with Crippen molar-refractivity contribution in [3.05, 3.63) is 58.9 Å². The number of rotatable bonds is 4. The molecule has 0 amide bonds. The predicted molar refractivity (Wildman–Crippen MR) is 84.7 cm³/mol. The minimum atomic E-state index is 0.228. The molecule has 0 N–H and O–H groups in total. The van der Waals surface area contributed by atoms with Crippen LogP contribution >= 0.6 is 11.6 Å². The molecule has 1 aliphatic heterocycles. The summed E-state index contributed by atoms with van der Waals surface area (Å²) in [5.74, 6) is 0.849. The molecule has 0 spiro atoms. The molecule has 2 aromatic rings. The highest BCUT2D eigenvalue weighted by Gasteiger charge is 2.24. The second-order valence-corrected chi connectivity index (χ2v) is 5.91. The Hall–Kier alpha value is -1.58. The maximum atomic E-state index is 6.09. The number of halogens is 1. The van der Waals surface area contributed by atoms with E-state index in [9.17, 15) is 0 Å². The van der Waals surface area contributed by atoms with E-state index in [2.05, 4.69) is 40.2 Å². The maximum Gasteiger partial charge on any atom is 0.132 e. The van der Waals surface area contributed by atoms with E-state index in [-0.39, 0.29) is 6.10 Å². The highest BCUT2D eigenvalue weighted by molar-refractivity contribution is 6.29. The van der Waals surface area contributed by atoms with Gasteiger partial charge in [0.15, 0.2) is 0 Å². The van der Waals surface area contributed by atoms with Gasteiger partial charge < -0.3 is 4.74 Å². The highest BCUT2D eigenvalue weighted by Crippen LogP contribution is 2.24. The van der Waals surface area contributed by atoms with Gasteiger partial charge in [-0.3, -0.25) is 4.90 Å². The van der Waals surface area contributed by atoms with Gasteiger partial charge in [-0.05, 0) is 18.9 Å². The zero-order chi connectivity index (χ0) is 14.7. The van der Waals surface area contributed by atoms with Gasteiger partial charge in [0, 0.05) is 37.5 Å². The Balaban J connectivity index is 1.58. The van der Waals surface area contributed by atoms with Gasteiger partial charge in [-0.25, -0.2) is 4.98 Å². The lowest BCUT2D eigenvalue weighted by Gasteiger charge is -2.18. The monoisotopic (exact) mass is 302 g/mol. The van der Waals surface area contributed by atoms with Crippen LogP contribution < -0.4 is 4.74 Å². The Morgan fingerprint density at radius 2 is 2.14 bits per heavy atom. The van der Waals surface area contributed by atoms with Crippen LogP contribution in [0.25, 0.3) is 0 Å². The van der Waals surface area contributed by atoms with Crippen molar-refractivity contribution >= 4 is 11.6 Å². The third-order valence-corrected chi connectivity index (χ3v) is 4.00. The van der Waals surface area contributed by atoms with E-state index in [4.69, 9.17) is 16.3 Å². The van der Waals surface area contributed by atoms with Crippen molar-refractivity contribution < 1.29 is 4.74 Å². The zero-order valence-corrected chi connectivity index (χ0v) is 12.9. The summed E-state index contributed by atoms with van der Waals surface area (Å²) < 4.78 is 6.09. The Morgan fingerprint density at radius 3 is 2.95 bits per heavy atom. The smallest absolute Gasteiger partial charge is 0.132 e. The highest BCUT2D eigenvalue weighted by atomic mass is 35.5. The van der Waals surface area contributed by atoms with Crippen LogP contribution in [0.15, 0.2) is 42.6 Å². The van der Waals surface area contributed by atoms with Crippen LogP contribution in [-0.4, -0.2) is 29.1 Å². The summed E-state index contributed by atoms with van der Waals surface area (Å²) >= 11 is 5.94. The molecule has 4 heteroatoms. The van der Waals surface area contributed by atoms with Crippen LogP contribution in [0.4, 0.5) is 0 Å². The molecule has 2 heterocycles. The average molecular weight is 303 g/mol.